The Balaban J connectivity index is 1.45. The van der Waals surface area contributed by atoms with Crippen molar-refractivity contribution in [1.29, 1.82) is 0 Å². The fraction of sp³-hybridized carbons (Fsp3) is 0.727. The van der Waals surface area contributed by atoms with Crippen LogP contribution < -0.4 is 5.56 Å². The fourth-order valence-electron chi connectivity index (χ4n) is 5.08. The second-order valence-electron chi connectivity index (χ2n) is 9.15. The van der Waals surface area contributed by atoms with Crippen LogP contribution in [0.1, 0.15) is 53.6 Å². The van der Waals surface area contributed by atoms with Crippen LogP contribution in [-0.4, -0.2) is 89.2 Å². The van der Waals surface area contributed by atoms with Gasteiger partial charge in [-0.3, -0.25) is 14.5 Å². The van der Waals surface area contributed by atoms with Gasteiger partial charge in [-0.05, 0) is 63.1 Å². The number of rotatable bonds is 3. The molecule has 7 nitrogen and oxygen atoms in total. The van der Waals surface area contributed by atoms with Crippen molar-refractivity contribution in [3.8, 4) is 0 Å². The summed E-state index contributed by atoms with van der Waals surface area (Å²) >= 11 is 0. The molecule has 2 N–H and O–H groups in total. The third kappa shape index (κ3) is 4.57. The SMILES string of the molecule is CN1CCN(C[C@@]2(O)CCCN(C(=O)c3c4c(c[nH]c3=O)CCCC4)CC2)CC1. The summed E-state index contributed by atoms with van der Waals surface area (Å²) in [4.78, 5) is 35.0. The number of carbonyl (C=O) groups is 1. The average molecular weight is 403 g/mol. The summed E-state index contributed by atoms with van der Waals surface area (Å²) < 4.78 is 0. The number of fused-ring (bicyclic) bond motifs is 1. The number of likely N-dealkylation sites (N-methyl/N-ethyl adjacent to an activating group) is 1. The van der Waals surface area contributed by atoms with Crippen LogP contribution in [0.4, 0.5) is 0 Å². The maximum absolute atomic E-state index is 13.3. The van der Waals surface area contributed by atoms with E-state index in [2.05, 4.69) is 21.8 Å². The standard InChI is InChI=1S/C22H34N4O3/c1-24-11-13-25(14-12-24)16-22(29)7-4-9-26(10-8-22)21(28)19-18-6-3-2-5-17(18)15-23-20(19)27/h15,29H,2-14,16H2,1H3,(H,23,27)/t22-/m1/s1. The van der Waals surface area contributed by atoms with Crippen LogP contribution in [0.3, 0.4) is 0 Å². The molecule has 2 fully saturated rings. The van der Waals surface area contributed by atoms with Crippen LogP contribution in [0.25, 0.3) is 0 Å². The summed E-state index contributed by atoms with van der Waals surface area (Å²) in [6.07, 6.45) is 7.69. The third-order valence-electron chi connectivity index (χ3n) is 6.95. The first-order chi connectivity index (χ1) is 14.0. The number of aryl methyl sites for hydroxylation is 1. The summed E-state index contributed by atoms with van der Waals surface area (Å²) in [7, 11) is 2.13. The van der Waals surface area contributed by atoms with Crippen LogP contribution >= 0.6 is 0 Å². The Morgan fingerprint density at radius 3 is 2.62 bits per heavy atom. The smallest absolute Gasteiger partial charge is 0.261 e. The van der Waals surface area contributed by atoms with Gasteiger partial charge in [-0.25, -0.2) is 0 Å². The van der Waals surface area contributed by atoms with Gasteiger partial charge in [0.1, 0.15) is 5.56 Å². The quantitative estimate of drug-likeness (QED) is 0.784. The number of aromatic nitrogens is 1. The summed E-state index contributed by atoms with van der Waals surface area (Å²) in [5.41, 5.74) is 1.37. The largest absolute Gasteiger partial charge is 0.388 e. The summed E-state index contributed by atoms with van der Waals surface area (Å²) in [6, 6.07) is 0. The van der Waals surface area contributed by atoms with E-state index in [1.54, 1.807) is 11.1 Å². The Morgan fingerprint density at radius 2 is 1.83 bits per heavy atom. The van der Waals surface area contributed by atoms with Crippen LogP contribution in [0.2, 0.25) is 0 Å². The van der Waals surface area contributed by atoms with Crippen molar-refractivity contribution in [3.05, 3.63) is 33.2 Å². The zero-order chi connectivity index (χ0) is 20.4. The molecule has 0 radical (unpaired) electrons. The number of nitrogens with zero attached hydrogens (tertiary/aromatic N) is 3. The molecular formula is C22H34N4O3. The first-order valence-corrected chi connectivity index (χ1v) is 11.1. The van der Waals surface area contributed by atoms with Gasteiger partial charge >= 0.3 is 0 Å². The van der Waals surface area contributed by atoms with Gasteiger partial charge in [-0.15, -0.1) is 0 Å². The van der Waals surface area contributed by atoms with Crippen molar-refractivity contribution in [1.82, 2.24) is 19.7 Å². The number of H-pyrrole nitrogens is 1. The van der Waals surface area contributed by atoms with Gasteiger partial charge in [-0.1, -0.05) is 0 Å². The molecule has 1 aromatic rings. The molecule has 1 aliphatic carbocycles. The van der Waals surface area contributed by atoms with E-state index in [4.69, 9.17) is 0 Å². The number of nitrogens with one attached hydrogen (secondary N) is 1. The summed E-state index contributed by atoms with van der Waals surface area (Å²) in [5, 5.41) is 11.2. The zero-order valence-corrected chi connectivity index (χ0v) is 17.6. The Hall–Kier alpha value is -1.70. The van der Waals surface area contributed by atoms with E-state index in [9.17, 15) is 14.7 Å². The van der Waals surface area contributed by atoms with Crippen LogP contribution in [0.5, 0.6) is 0 Å². The highest BCUT2D eigenvalue weighted by molar-refractivity contribution is 5.95. The molecule has 4 rings (SSSR count). The Labute approximate surface area is 172 Å². The number of likely N-dealkylation sites (tertiary alicyclic amines) is 1. The molecule has 3 heterocycles. The predicted octanol–water partition coefficient (Wildman–Crippen LogP) is 0.858. The van der Waals surface area contributed by atoms with E-state index >= 15 is 0 Å². The van der Waals surface area contributed by atoms with Crippen LogP contribution in [0, 0.1) is 0 Å². The lowest BCUT2D eigenvalue weighted by Crippen LogP contribution is -2.51. The molecule has 0 bridgehead atoms. The van der Waals surface area contributed by atoms with E-state index in [-0.39, 0.29) is 11.5 Å². The van der Waals surface area contributed by atoms with Crippen molar-refractivity contribution in [2.45, 2.75) is 50.5 Å². The highest BCUT2D eigenvalue weighted by atomic mass is 16.3. The molecule has 3 aliphatic rings. The maximum Gasteiger partial charge on any atom is 0.261 e. The normalized spacial score (nSPS) is 26.8. The number of aliphatic hydroxyl groups is 1. The van der Waals surface area contributed by atoms with Gasteiger partial charge < -0.3 is 19.9 Å². The average Bonchev–Trinajstić information content (AvgIpc) is 2.91. The molecular weight excluding hydrogens is 368 g/mol. The highest BCUT2D eigenvalue weighted by Gasteiger charge is 2.35. The molecule has 29 heavy (non-hydrogen) atoms. The van der Waals surface area contributed by atoms with Crippen molar-refractivity contribution in [2.24, 2.45) is 0 Å². The zero-order valence-electron chi connectivity index (χ0n) is 17.6. The number of β-amino-alcohol motifs (C(OH)–C–C–N with tert-alkyl or cyclic N) is 1. The number of amides is 1. The lowest BCUT2D eigenvalue weighted by atomic mass is 9.89. The maximum atomic E-state index is 13.3. The second-order valence-corrected chi connectivity index (χ2v) is 9.15. The molecule has 0 unspecified atom stereocenters. The molecule has 2 saturated heterocycles. The number of hydrogen-bond acceptors (Lipinski definition) is 5. The minimum atomic E-state index is -0.756. The van der Waals surface area contributed by atoms with Gasteiger partial charge in [0.25, 0.3) is 11.5 Å². The van der Waals surface area contributed by atoms with Gasteiger partial charge in [-0.2, -0.15) is 0 Å². The second kappa shape index (κ2) is 8.58. The molecule has 1 amide bonds. The van der Waals surface area contributed by atoms with E-state index in [0.29, 0.717) is 38.0 Å². The summed E-state index contributed by atoms with van der Waals surface area (Å²) in [5.74, 6) is -0.158. The Kier molecular flexibility index (Phi) is 6.08. The molecule has 1 atom stereocenters. The van der Waals surface area contributed by atoms with Gasteiger partial charge in [0.05, 0.1) is 5.60 Å². The molecule has 160 valence electrons. The minimum absolute atomic E-state index is 0.158. The lowest BCUT2D eigenvalue weighted by molar-refractivity contribution is -0.0179. The Morgan fingerprint density at radius 1 is 1.07 bits per heavy atom. The number of pyridine rings is 1. The van der Waals surface area contributed by atoms with Crippen LogP contribution in [-0.2, 0) is 12.8 Å². The summed E-state index contributed by atoms with van der Waals surface area (Å²) in [6.45, 7) is 5.80. The lowest BCUT2D eigenvalue weighted by Gasteiger charge is -2.38. The molecule has 7 heteroatoms. The van der Waals surface area contributed by atoms with E-state index in [1.165, 1.54) is 0 Å². The first-order valence-electron chi connectivity index (χ1n) is 11.1. The molecule has 2 aliphatic heterocycles. The van der Waals surface area contributed by atoms with Gasteiger partial charge in [0.15, 0.2) is 0 Å². The van der Waals surface area contributed by atoms with Gasteiger partial charge in [0, 0.05) is 52.0 Å². The Bertz CT molecular complexity index is 800. The molecule has 0 saturated carbocycles. The number of piperazine rings is 1. The van der Waals surface area contributed by atoms with E-state index in [1.807, 2.05) is 0 Å². The van der Waals surface area contributed by atoms with E-state index in [0.717, 1.165) is 69.4 Å². The molecule has 0 spiro atoms. The monoisotopic (exact) mass is 402 g/mol. The highest BCUT2D eigenvalue weighted by Crippen LogP contribution is 2.27. The van der Waals surface area contributed by atoms with Crippen LogP contribution in [0.15, 0.2) is 11.0 Å². The van der Waals surface area contributed by atoms with Crippen molar-refractivity contribution >= 4 is 5.91 Å². The third-order valence-corrected chi connectivity index (χ3v) is 6.95. The first kappa shape index (κ1) is 20.6. The number of carbonyl (C=O) groups excluding carboxylic acids is 1. The molecule has 0 aromatic carbocycles. The predicted molar refractivity (Wildman–Crippen MR) is 112 cm³/mol. The number of hydrogen-bond donors (Lipinski definition) is 2. The van der Waals surface area contributed by atoms with Crippen molar-refractivity contribution < 1.29 is 9.90 Å². The van der Waals surface area contributed by atoms with Crippen molar-refractivity contribution in [2.75, 3.05) is 52.9 Å². The topological polar surface area (TPSA) is 79.9 Å². The van der Waals surface area contributed by atoms with E-state index < -0.39 is 5.60 Å². The minimum Gasteiger partial charge on any atom is -0.388 e. The van der Waals surface area contributed by atoms with Gasteiger partial charge in [0.2, 0.25) is 0 Å². The number of aromatic amines is 1. The van der Waals surface area contributed by atoms with Crippen molar-refractivity contribution in [3.63, 3.8) is 0 Å². The fourth-order valence-corrected chi connectivity index (χ4v) is 5.08. The molecule has 1 aromatic heterocycles.